The van der Waals surface area contributed by atoms with Crippen LogP contribution in [0.4, 0.5) is 0 Å². The Hall–Kier alpha value is -0.160. The van der Waals surface area contributed by atoms with E-state index < -0.39 is 0 Å². The summed E-state index contributed by atoms with van der Waals surface area (Å²) in [5.41, 5.74) is 0. The average Bonchev–Trinajstić information content (AvgIpc) is 2.39. The van der Waals surface area contributed by atoms with Gasteiger partial charge in [0, 0.05) is 25.7 Å². The lowest BCUT2D eigenvalue weighted by atomic mass is 9.96. The molecule has 2 unspecified atom stereocenters. The summed E-state index contributed by atoms with van der Waals surface area (Å²) < 4.78 is 10.6. The van der Waals surface area contributed by atoms with Gasteiger partial charge in [-0.15, -0.1) is 0 Å². The second kappa shape index (κ2) is 9.73. The molecule has 4 nitrogen and oxygen atoms in total. The number of hydrogen-bond acceptors (Lipinski definition) is 4. The van der Waals surface area contributed by atoms with E-state index in [4.69, 9.17) is 9.47 Å². The maximum absolute atomic E-state index is 5.58. The first kappa shape index (κ1) is 15.9. The van der Waals surface area contributed by atoms with E-state index in [1.54, 1.807) is 7.11 Å². The molecular formula is C14H30N2O2. The van der Waals surface area contributed by atoms with Crippen molar-refractivity contribution in [3.63, 3.8) is 0 Å². The number of hydrogen-bond donors (Lipinski definition) is 1. The van der Waals surface area contributed by atoms with Crippen molar-refractivity contribution in [3.05, 3.63) is 0 Å². The second-order valence-corrected chi connectivity index (χ2v) is 5.05. The minimum absolute atomic E-state index is 0.578. The van der Waals surface area contributed by atoms with Crippen molar-refractivity contribution in [2.75, 3.05) is 46.6 Å². The lowest BCUT2D eigenvalue weighted by Crippen LogP contribution is -2.51. The molecule has 4 heteroatoms. The van der Waals surface area contributed by atoms with Crippen LogP contribution < -0.4 is 5.32 Å². The maximum Gasteiger partial charge on any atom is 0.0700 e. The summed E-state index contributed by atoms with van der Waals surface area (Å²) in [6, 6.07) is 1.25. The minimum Gasteiger partial charge on any atom is -0.382 e. The molecule has 0 spiro atoms. The molecule has 0 aromatic heterocycles. The van der Waals surface area contributed by atoms with Crippen LogP contribution >= 0.6 is 0 Å². The van der Waals surface area contributed by atoms with E-state index in [0.717, 1.165) is 19.7 Å². The molecule has 0 aromatic carbocycles. The number of nitrogens with one attached hydrogen (secondary N) is 1. The topological polar surface area (TPSA) is 33.7 Å². The number of methoxy groups -OCH3 is 1. The predicted molar refractivity (Wildman–Crippen MR) is 75.0 cm³/mol. The minimum atomic E-state index is 0.578. The number of rotatable bonds is 9. The maximum atomic E-state index is 5.58. The van der Waals surface area contributed by atoms with Crippen LogP contribution in [0.2, 0.25) is 0 Å². The Bertz CT molecular complexity index is 202. The molecule has 1 rings (SSSR count). The Labute approximate surface area is 112 Å². The molecule has 0 aromatic rings. The second-order valence-electron chi connectivity index (χ2n) is 5.05. The van der Waals surface area contributed by atoms with Crippen molar-refractivity contribution >= 4 is 0 Å². The Morgan fingerprint density at radius 2 is 2.11 bits per heavy atom. The summed E-state index contributed by atoms with van der Waals surface area (Å²) in [7, 11) is 1.71. The van der Waals surface area contributed by atoms with E-state index in [0.29, 0.717) is 25.3 Å². The van der Waals surface area contributed by atoms with Crippen LogP contribution in [-0.4, -0.2) is 63.5 Å². The van der Waals surface area contributed by atoms with Crippen LogP contribution in [-0.2, 0) is 9.47 Å². The van der Waals surface area contributed by atoms with Crippen molar-refractivity contribution in [1.29, 1.82) is 0 Å². The van der Waals surface area contributed by atoms with Gasteiger partial charge in [0.05, 0.1) is 19.8 Å². The normalized spacial score (nSPS) is 23.2. The molecule has 0 aliphatic carbocycles. The fourth-order valence-corrected chi connectivity index (χ4v) is 2.74. The van der Waals surface area contributed by atoms with Crippen molar-refractivity contribution in [1.82, 2.24) is 10.2 Å². The third-order valence-corrected chi connectivity index (χ3v) is 3.72. The van der Waals surface area contributed by atoms with Crippen molar-refractivity contribution in [2.24, 2.45) is 0 Å². The molecule has 1 aliphatic rings. The number of ether oxygens (including phenoxy) is 2. The molecule has 0 amide bonds. The highest BCUT2D eigenvalue weighted by Gasteiger charge is 2.26. The molecule has 1 heterocycles. The van der Waals surface area contributed by atoms with Gasteiger partial charge in [-0.25, -0.2) is 0 Å². The monoisotopic (exact) mass is 258 g/mol. The summed E-state index contributed by atoms with van der Waals surface area (Å²) in [6.45, 7) is 10.0. The van der Waals surface area contributed by atoms with Crippen molar-refractivity contribution in [2.45, 2.75) is 45.2 Å². The van der Waals surface area contributed by atoms with Gasteiger partial charge in [0.25, 0.3) is 0 Å². The van der Waals surface area contributed by atoms with Crippen LogP contribution in [0.1, 0.15) is 33.1 Å². The SMILES string of the molecule is CCNC(C)C1CCCCN1CCOCCOC. The number of nitrogens with zero attached hydrogens (tertiary/aromatic N) is 1. The van der Waals surface area contributed by atoms with Crippen molar-refractivity contribution in [3.8, 4) is 0 Å². The predicted octanol–water partition coefficient (Wildman–Crippen LogP) is 1.50. The molecule has 1 fully saturated rings. The summed E-state index contributed by atoms with van der Waals surface area (Å²) in [4.78, 5) is 2.59. The van der Waals surface area contributed by atoms with Crippen LogP contribution in [0.15, 0.2) is 0 Å². The van der Waals surface area contributed by atoms with Gasteiger partial charge in [-0.1, -0.05) is 13.3 Å². The van der Waals surface area contributed by atoms with Gasteiger partial charge in [0.15, 0.2) is 0 Å². The van der Waals surface area contributed by atoms with E-state index in [1.165, 1.54) is 25.8 Å². The molecule has 2 atom stereocenters. The van der Waals surface area contributed by atoms with E-state index >= 15 is 0 Å². The molecule has 1 aliphatic heterocycles. The molecule has 1 N–H and O–H groups in total. The fourth-order valence-electron chi connectivity index (χ4n) is 2.74. The third-order valence-electron chi connectivity index (χ3n) is 3.72. The highest BCUT2D eigenvalue weighted by Crippen LogP contribution is 2.19. The Morgan fingerprint density at radius 3 is 2.83 bits per heavy atom. The Kier molecular flexibility index (Phi) is 8.59. The lowest BCUT2D eigenvalue weighted by molar-refractivity contribution is 0.0369. The van der Waals surface area contributed by atoms with E-state index in [9.17, 15) is 0 Å². The number of likely N-dealkylation sites (tertiary alicyclic amines) is 1. The highest BCUT2D eigenvalue weighted by molar-refractivity contribution is 4.84. The zero-order chi connectivity index (χ0) is 13.2. The molecule has 108 valence electrons. The lowest BCUT2D eigenvalue weighted by Gasteiger charge is -2.39. The number of likely N-dealkylation sites (N-methyl/N-ethyl adjacent to an activating group) is 1. The van der Waals surface area contributed by atoms with Crippen LogP contribution in [0.5, 0.6) is 0 Å². The summed E-state index contributed by atoms with van der Waals surface area (Å²) in [6.07, 6.45) is 4.00. The van der Waals surface area contributed by atoms with Gasteiger partial charge in [-0.2, -0.15) is 0 Å². The third kappa shape index (κ3) is 5.65. The molecule has 0 bridgehead atoms. The van der Waals surface area contributed by atoms with Crippen LogP contribution in [0.25, 0.3) is 0 Å². The standard InChI is InChI=1S/C14H30N2O2/c1-4-15-13(2)14-7-5-6-8-16(14)9-10-18-12-11-17-3/h13-15H,4-12H2,1-3H3. The van der Waals surface area contributed by atoms with Crippen LogP contribution in [0, 0.1) is 0 Å². The summed E-state index contributed by atoms with van der Waals surface area (Å²) in [5, 5.41) is 3.55. The van der Waals surface area contributed by atoms with Crippen molar-refractivity contribution < 1.29 is 9.47 Å². The highest BCUT2D eigenvalue weighted by atomic mass is 16.5. The van der Waals surface area contributed by atoms with E-state index in [2.05, 4.69) is 24.1 Å². The molecule has 1 saturated heterocycles. The first-order chi connectivity index (χ1) is 8.79. The fraction of sp³-hybridized carbons (Fsp3) is 1.00. The number of piperidine rings is 1. The quantitative estimate of drug-likeness (QED) is 0.636. The first-order valence-corrected chi connectivity index (χ1v) is 7.33. The zero-order valence-corrected chi connectivity index (χ0v) is 12.3. The smallest absolute Gasteiger partial charge is 0.0700 e. The average molecular weight is 258 g/mol. The largest absolute Gasteiger partial charge is 0.382 e. The molecule has 18 heavy (non-hydrogen) atoms. The summed E-state index contributed by atoms with van der Waals surface area (Å²) >= 11 is 0. The van der Waals surface area contributed by atoms with Gasteiger partial charge in [0.2, 0.25) is 0 Å². The molecule has 0 radical (unpaired) electrons. The van der Waals surface area contributed by atoms with Gasteiger partial charge in [-0.05, 0) is 32.9 Å². The van der Waals surface area contributed by atoms with Gasteiger partial charge in [0.1, 0.15) is 0 Å². The van der Waals surface area contributed by atoms with E-state index in [1.807, 2.05) is 0 Å². The zero-order valence-electron chi connectivity index (χ0n) is 12.3. The molecular weight excluding hydrogens is 228 g/mol. The van der Waals surface area contributed by atoms with Gasteiger partial charge < -0.3 is 14.8 Å². The van der Waals surface area contributed by atoms with Crippen LogP contribution in [0.3, 0.4) is 0 Å². The Morgan fingerprint density at radius 1 is 1.28 bits per heavy atom. The van der Waals surface area contributed by atoms with E-state index in [-0.39, 0.29) is 0 Å². The molecule has 0 saturated carbocycles. The Balaban J connectivity index is 2.26. The van der Waals surface area contributed by atoms with Gasteiger partial charge in [-0.3, -0.25) is 4.90 Å². The van der Waals surface area contributed by atoms with Gasteiger partial charge >= 0.3 is 0 Å². The first-order valence-electron chi connectivity index (χ1n) is 7.33. The summed E-state index contributed by atoms with van der Waals surface area (Å²) in [5.74, 6) is 0.